The van der Waals surface area contributed by atoms with Crippen LogP contribution in [0.3, 0.4) is 0 Å². The molecule has 4 nitrogen and oxygen atoms in total. The summed E-state index contributed by atoms with van der Waals surface area (Å²) in [5, 5.41) is 5.76. The minimum absolute atomic E-state index is 0.00815. The minimum Gasteiger partial charge on any atom is -0.381 e. The van der Waals surface area contributed by atoms with E-state index in [0.717, 1.165) is 57.3 Å². The molecule has 0 bridgehead atoms. The number of alkyl halides is 5. The van der Waals surface area contributed by atoms with E-state index in [-0.39, 0.29) is 6.42 Å². The normalized spacial score (nSPS) is 15.9. The Morgan fingerprint density at radius 2 is 1.69 bits per heavy atom. The summed E-state index contributed by atoms with van der Waals surface area (Å²) >= 11 is 0. The Hall–Kier alpha value is -2.84. The topological polar surface area (TPSA) is 44.4 Å². The number of amides is 1. The second kappa shape index (κ2) is 12.9. The molecule has 1 aliphatic heterocycles. The van der Waals surface area contributed by atoms with Crippen molar-refractivity contribution in [2.24, 2.45) is 0 Å². The third-order valence-corrected chi connectivity index (χ3v) is 6.38. The zero-order valence-corrected chi connectivity index (χ0v) is 20.5. The van der Waals surface area contributed by atoms with Gasteiger partial charge in [-0.3, -0.25) is 4.79 Å². The van der Waals surface area contributed by atoms with Crippen molar-refractivity contribution in [3.05, 3.63) is 53.6 Å². The quantitative estimate of drug-likeness (QED) is 0.243. The molecule has 1 saturated heterocycles. The summed E-state index contributed by atoms with van der Waals surface area (Å²) in [7, 11) is 0. The van der Waals surface area contributed by atoms with Crippen LogP contribution in [0, 0.1) is 0 Å². The van der Waals surface area contributed by atoms with Crippen molar-refractivity contribution in [1.29, 1.82) is 0 Å². The maximum absolute atomic E-state index is 14.5. The number of carbonyl (C=O) groups is 1. The summed E-state index contributed by atoms with van der Waals surface area (Å²) < 4.78 is 67.1. The lowest BCUT2D eigenvalue weighted by Crippen LogP contribution is -2.34. The van der Waals surface area contributed by atoms with Gasteiger partial charge in [0.1, 0.15) is 6.17 Å². The predicted molar refractivity (Wildman–Crippen MR) is 134 cm³/mol. The Balaban J connectivity index is 1.71. The molecule has 1 heterocycles. The van der Waals surface area contributed by atoms with Crippen LogP contribution in [0.1, 0.15) is 63.0 Å². The molecule has 1 aliphatic rings. The van der Waals surface area contributed by atoms with E-state index in [0.29, 0.717) is 35.6 Å². The van der Waals surface area contributed by atoms with Crippen LogP contribution in [0.4, 0.5) is 39.0 Å². The van der Waals surface area contributed by atoms with Gasteiger partial charge in [0.25, 0.3) is 5.91 Å². The molecule has 0 spiro atoms. The maximum atomic E-state index is 14.5. The first kappa shape index (κ1) is 27.7. The van der Waals surface area contributed by atoms with Gasteiger partial charge in [-0.25, -0.2) is 8.78 Å². The number of piperidine rings is 1. The predicted octanol–water partition coefficient (Wildman–Crippen LogP) is 7.50. The summed E-state index contributed by atoms with van der Waals surface area (Å²) in [6.45, 7) is 3.81. The fourth-order valence-corrected chi connectivity index (χ4v) is 4.26. The fraction of sp³-hybridized carbons (Fsp3) is 0.519. The zero-order valence-electron chi connectivity index (χ0n) is 20.5. The molecule has 2 atom stereocenters. The summed E-state index contributed by atoms with van der Waals surface area (Å²) in [6.07, 6.45) is -3.21. The van der Waals surface area contributed by atoms with Gasteiger partial charge < -0.3 is 15.5 Å². The van der Waals surface area contributed by atoms with Crippen molar-refractivity contribution in [3.8, 4) is 0 Å². The van der Waals surface area contributed by atoms with Crippen LogP contribution in [0.25, 0.3) is 0 Å². The number of hydrogen-bond donors (Lipinski definition) is 2. The van der Waals surface area contributed by atoms with Gasteiger partial charge >= 0.3 is 6.18 Å². The van der Waals surface area contributed by atoms with Gasteiger partial charge in [-0.2, -0.15) is 13.2 Å². The molecule has 2 aromatic carbocycles. The van der Waals surface area contributed by atoms with Gasteiger partial charge in [0, 0.05) is 25.3 Å². The molecule has 2 N–H and O–H groups in total. The highest BCUT2D eigenvalue weighted by Crippen LogP contribution is 2.33. The van der Waals surface area contributed by atoms with Crippen molar-refractivity contribution >= 4 is 23.0 Å². The van der Waals surface area contributed by atoms with Crippen LogP contribution in [0.2, 0.25) is 0 Å². The summed E-state index contributed by atoms with van der Waals surface area (Å²) in [4.78, 5) is 14.6. The average molecular weight is 512 g/mol. The number of nitrogens with one attached hydrogen (secondary N) is 2. The third-order valence-electron chi connectivity index (χ3n) is 6.38. The number of benzene rings is 2. The average Bonchev–Trinajstić information content (AvgIpc) is 2.88. The van der Waals surface area contributed by atoms with E-state index in [9.17, 15) is 26.7 Å². The van der Waals surface area contributed by atoms with Crippen LogP contribution in [-0.4, -0.2) is 31.3 Å². The third kappa shape index (κ3) is 7.83. The van der Waals surface area contributed by atoms with Crippen molar-refractivity contribution in [1.82, 2.24) is 0 Å². The lowest BCUT2D eigenvalue weighted by molar-refractivity contribution is -0.137. The number of nitrogens with zero attached hydrogens (tertiary/aromatic N) is 1. The minimum atomic E-state index is -4.38. The Labute approximate surface area is 209 Å². The summed E-state index contributed by atoms with van der Waals surface area (Å²) in [5.74, 6) is -0.997. The van der Waals surface area contributed by atoms with E-state index in [2.05, 4.69) is 15.5 Å². The molecule has 1 amide bonds. The highest BCUT2D eigenvalue weighted by molar-refractivity contribution is 5.98. The smallest absolute Gasteiger partial charge is 0.381 e. The first-order valence-electron chi connectivity index (χ1n) is 12.6. The van der Waals surface area contributed by atoms with Gasteiger partial charge in [-0.05, 0) is 61.6 Å². The molecular formula is C27H34F5N3O. The second-order valence-electron chi connectivity index (χ2n) is 9.23. The molecule has 0 radical (unpaired) electrons. The zero-order chi connectivity index (χ0) is 26.1. The van der Waals surface area contributed by atoms with Gasteiger partial charge in [-0.15, -0.1) is 0 Å². The first-order chi connectivity index (χ1) is 17.2. The van der Waals surface area contributed by atoms with Gasteiger partial charge in [0.2, 0.25) is 6.17 Å². The van der Waals surface area contributed by atoms with Crippen LogP contribution in [0.15, 0.2) is 42.5 Å². The number of anilines is 3. The van der Waals surface area contributed by atoms with Crippen molar-refractivity contribution < 1.29 is 26.7 Å². The van der Waals surface area contributed by atoms with Crippen LogP contribution in [0.5, 0.6) is 0 Å². The van der Waals surface area contributed by atoms with Gasteiger partial charge in [0.05, 0.1) is 16.9 Å². The van der Waals surface area contributed by atoms with Crippen LogP contribution < -0.4 is 15.5 Å². The van der Waals surface area contributed by atoms with Crippen molar-refractivity contribution in [2.75, 3.05) is 28.6 Å². The number of rotatable bonds is 11. The summed E-state index contributed by atoms with van der Waals surface area (Å²) in [6, 6.07) is 10.1. The van der Waals surface area contributed by atoms with E-state index in [1.165, 1.54) is 12.1 Å². The molecule has 0 aromatic heterocycles. The molecule has 3 rings (SSSR count). The lowest BCUT2D eigenvalue weighted by Gasteiger charge is -2.31. The highest BCUT2D eigenvalue weighted by atomic mass is 19.4. The number of hydrogen-bond acceptors (Lipinski definition) is 3. The van der Waals surface area contributed by atoms with Crippen molar-refractivity contribution in [3.63, 3.8) is 0 Å². The van der Waals surface area contributed by atoms with E-state index in [1.807, 2.05) is 13.0 Å². The first-order valence-corrected chi connectivity index (χ1v) is 12.6. The SMILES string of the molecule is CCCCC[C@H](F)[C@@H](F)C(=O)Nc1ccc(NCc2ccc(C(F)(F)F)cc2)cc1N1CCCCC1. The van der Waals surface area contributed by atoms with Gasteiger partial charge in [0.15, 0.2) is 0 Å². The van der Waals surface area contributed by atoms with E-state index >= 15 is 0 Å². The van der Waals surface area contributed by atoms with Crippen molar-refractivity contribution in [2.45, 2.75) is 76.9 Å². The van der Waals surface area contributed by atoms with Gasteiger partial charge in [-0.1, -0.05) is 38.3 Å². The molecule has 1 fully saturated rings. The maximum Gasteiger partial charge on any atom is 0.416 e. The molecule has 198 valence electrons. The monoisotopic (exact) mass is 511 g/mol. The number of halogens is 5. The number of unbranched alkanes of at least 4 members (excludes halogenated alkanes) is 2. The highest BCUT2D eigenvalue weighted by Gasteiger charge is 2.30. The fourth-order valence-electron chi connectivity index (χ4n) is 4.26. The molecule has 36 heavy (non-hydrogen) atoms. The molecule has 2 aromatic rings. The van der Waals surface area contributed by atoms with E-state index in [4.69, 9.17) is 0 Å². The lowest BCUT2D eigenvalue weighted by atomic mass is 10.1. The second-order valence-corrected chi connectivity index (χ2v) is 9.23. The molecule has 0 aliphatic carbocycles. The molecule has 0 unspecified atom stereocenters. The Bertz CT molecular complexity index is 974. The largest absolute Gasteiger partial charge is 0.416 e. The Morgan fingerprint density at radius 1 is 1.00 bits per heavy atom. The van der Waals surface area contributed by atoms with Crippen LogP contribution in [-0.2, 0) is 17.5 Å². The summed E-state index contributed by atoms with van der Waals surface area (Å²) in [5.41, 5.74) is 1.79. The molecule has 0 saturated carbocycles. The van der Waals surface area contributed by atoms with E-state index < -0.39 is 30.0 Å². The van der Waals surface area contributed by atoms with E-state index in [1.54, 1.807) is 12.1 Å². The van der Waals surface area contributed by atoms with Crippen LogP contribution >= 0.6 is 0 Å². The standard InChI is InChI=1S/C27H34F5N3O/c1-2-3-5-8-22(28)25(29)26(36)34-23-14-13-21(17-24(23)35-15-6-4-7-16-35)33-18-19-9-11-20(12-10-19)27(30,31)32/h9-14,17,22,25,33H,2-8,15-16,18H2,1H3,(H,34,36)/t22-,25+/m0/s1. The Kier molecular flexibility index (Phi) is 9.96. The number of carbonyl (C=O) groups excluding carboxylic acids is 1. The Morgan fingerprint density at radius 3 is 2.33 bits per heavy atom. The molecule has 9 heteroatoms. The molecular weight excluding hydrogens is 477 g/mol.